The third kappa shape index (κ3) is 2.85. The van der Waals surface area contributed by atoms with Crippen LogP contribution in [-0.4, -0.2) is 34.8 Å². The predicted octanol–water partition coefficient (Wildman–Crippen LogP) is 0.866. The van der Waals surface area contributed by atoms with E-state index in [-0.39, 0.29) is 11.6 Å². The van der Waals surface area contributed by atoms with Gasteiger partial charge in [-0.25, -0.2) is 9.78 Å². The van der Waals surface area contributed by atoms with E-state index in [1.807, 2.05) is 13.8 Å². The van der Waals surface area contributed by atoms with Crippen LogP contribution in [0.3, 0.4) is 0 Å². The molecule has 1 amide bonds. The number of nitrogens with one attached hydrogen (secondary N) is 1. The van der Waals surface area contributed by atoms with Gasteiger partial charge < -0.3 is 10.1 Å². The lowest BCUT2D eigenvalue weighted by Gasteiger charge is -2.22. The van der Waals surface area contributed by atoms with Crippen LogP contribution in [-0.2, 0) is 4.74 Å². The molecule has 1 rings (SSSR count). The first-order valence-corrected chi connectivity index (χ1v) is 4.36. The van der Waals surface area contributed by atoms with Crippen LogP contribution in [0.4, 0.5) is 4.79 Å². The second kappa shape index (κ2) is 4.23. The first-order chi connectivity index (χ1) is 6.55. The second-order valence-electron chi connectivity index (χ2n) is 3.59. The molecule has 14 heavy (non-hydrogen) atoms. The van der Waals surface area contributed by atoms with Crippen molar-refractivity contribution in [2.75, 3.05) is 13.7 Å². The van der Waals surface area contributed by atoms with E-state index < -0.39 is 0 Å². The lowest BCUT2D eigenvalue weighted by Crippen LogP contribution is -2.41. The Bertz CT molecular complexity index is 293. The van der Waals surface area contributed by atoms with Crippen LogP contribution in [0.5, 0.6) is 0 Å². The summed E-state index contributed by atoms with van der Waals surface area (Å²) in [6, 6.07) is -0.201. The highest BCUT2D eigenvalue weighted by Crippen LogP contribution is 2.04. The van der Waals surface area contributed by atoms with Gasteiger partial charge in [0.2, 0.25) is 0 Å². The van der Waals surface area contributed by atoms with E-state index in [2.05, 4.69) is 10.3 Å². The summed E-state index contributed by atoms with van der Waals surface area (Å²) in [4.78, 5) is 15.2. The number of imidazole rings is 1. The molecule has 1 N–H and O–H groups in total. The van der Waals surface area contributed by atoms with Crippen LogP contribution in [0.15, 0.2) is 18.7 Å². The van der Waals surface area contributed by atoms with Gasteiger partial charge in [0.1, 0.15) is 6.33 Å². The number of hydrogen-bond acceptors (Lipinski definition) is 3. The molecular weight excluding hydrogens is 182 g/mol. The monoisotopic (exact) mass is 197 g/mol. The Kier molecular flexibility index (Phi) is 3.24. The Balaban J connectivity index is 2.43. The summed E-state index contributed by atoms with van der Waals surface area (Å²) in [5.41, 5.74) is -0.351. The molecule has 0 bridgehead atoms. The molecule has 0 fully saturated rings. The number of ether oxygens (including phenoxy) is 1. The Hall–Kier alpha value is -1.36. The number of nitrogens with zero attached hydrogens (tertiary/aromatic N) is 2. The number of methoxy groups -OCH3 is 1. The third-order valence-corrected chi connectivity index (χ3v) is 1.96. The first-order valence-electron chi connectivity index (χ1n) is 4.36. The van der Waals surface area contributed by atoms with E-state index in [4.69, 9.17) is 4.74 Å². The average molecular weight is 197 g/mol. The third-order valence-electron chi connectivity index (χ3n) is 1.96. The molecule has 1 aromatic rings. The molecule has 78 valence electrons. The molecule has 0 aliphatic heterocycles. The lowest BCUT2D eigenvalue weighted by atomic mass is 10.1. The van der Waals surface area contributed by atoms with Crippen LogP contribution in [0.2, 0.25) is 0 Å². The van der Waals surface area contributed by atoms with Gasteiger partial charge in [0, 0.05) is 26.0 Å². The number of amides is 1. The van der Waals surface area contributed by atoms with E-state index in [1.165, 1.54) is 10.9 Å². The van der Waals surface area contributed by atoms with E-state index in [1.54, 1.807) is 19.5 Å². The SMILES string of the molecule is COC(C)(C)CNC(=O)n1ccnc1. The number of carbonyl (C=O) groups excluding carboxylic acids is 1. The number of aromatic nitrogens is 2. The molecule has 0 aliphatic rings. The maximum atomic E-state index is 11.4. The van der Waals surface area contributed by atoms with E-state index >= 15 is 0 Å². The van der Waals surface area contributed by atoms with Crippen LogP contribution < -0.4 is 5.32 Å². The molecule has 0 aromatic carbocycles. The van der Waals surface area contributed by atoms with E-state index in [9.17, 15) is 4.79 Å². The van der Waals surface area contributed by atoms with Gasteiger partial charge in [-0.1, -0.05) is 0 Å². The zero-order valence-electron chi connectivity index (χ0n) is 8.65. The molecule has 5 nitrogen and oxygen atoms in total. The van der Waals surface area contributed by atoms with Crippen molar-refractivity contribution in [2.45, 2.75) is 19.4 Å². The fourth-order valence-corrected chi connectivity index (χ4v) is 0.831. The summed E-state index contributed by atoms with van der Waals surface area (Å²) < 4.78 is 6.55. The number of hydrogen-bond donors (Lipinski definition) is 1. The smallest absolute Gasteiger partial charge is 0.326 e. The summed E-state index contributed by atoms with van der Waals surface area (Å²) in [5, 5.41) is 2.74. The fourth-order valence-electron chi connectivity index (χ4n) is 0.831. The molecule has 0 saturated heterocycles. The standard InChI is InChI=1S/C9H15N3O2/c1-9(2,14-3)6-11-8(13)12-5-4-10-7-12/h4-5,7H,6H2,1-3H3,(H,11,13). The van der Waals surface area contributed by atoms with Crippen LogP contribution in [0.1, 0.15) is 13.8 Å². The van der Waals surface area contributed by atoms with Gasteiger partial charge in [-0.2, -0.15) is 0 Å². The molecule has 1 heterocycles. The molecule has 0 unspecified atom stereocenters. The Morgan fingerprint density at radius 2 is 2.36 bits per heavy atom. The van der Waals surface area contributed by atoms with Gasteiger partial charge in [-0.15, -0.1) is 0 Å². The predicted molar refractivity (Wildman–Crippen MR) is 52.1 cm³/mol. The van der Waals surface area contributed by atoms with Crippen LogP contribution >= 0.6 is 0 Å². The second-order valence-corrected chi connectivity index (χ2v) is 3.59. The highest BCUT2D eigenvalue weighted by atomic mass is 16.5. The van der Waals surface area contributed by atoms with E-state index in [0.717, 1.165) is 0 Å². The quantitative estimate of drug-likeness (QED) is 0.782. The molecule has 0 radical (unpaired) electrons. The van der Waals surface area contributed by atoms with Crippen molar-refractivity contribution < 1.29 is 9.53 Å². The molecule has 0 spiro atoms. The van der Waals surface area contributed by atoms with Gasteiger partial charge in [0.25, 0.3) is 0 Å². The van der Waals surface area contributed by atoms with E-state index in [0.29, 0.717) is 6.54 Å². The van der Waals surface area contributed by atoms with Gasteiger partial charge >= 0.3 is 6.03 Å². The van der Waals surface area contributed by atoms with Crippen molar-refractivity contribution in [1.82, 2.24) is 14.9 Å². The fraction of sp³-hybridized carbons (Fsp3) is 0.556. The minimum absolute atomic E-state index is 0.201. The molecule has 0 saturated carbocycles. The largest absolute Gasteiger partial charge is 0.377 e. The first kappa shape index (κ1) is 10.7. The van der Waals surface area contributed by atoms with Crippen molar-refractivity contribution in [3.05, 3.63) is 18.7 Å². The molecule has 5 heteroatoms. The Morgan fingerprint density at radius 1 is 1.64 bits per heavy atom. The summed E-state index contributed by atoms with van der Waals surface area (Å²) in [6.07, 6.45) is 4.60. The minimum atomic E-state index is -0.351. The molecule has 0 aliphatic carbocycles. The topological polar surface area (TPSA) is 56.1 Å². The number of rotatable bonds is 3. The van der Waals surface area contributed by atoms with Crippen molar-refractivity contribution in [3.8, 4) is 0 Å². The van der Waals surface area contributed by atoms with Gasteiger partial charge in [0.15, 0.2) is 0 Å². The van der Waals surface area contributed by atoms with Gasteiger partial charge in [-0.3, -0.25) is 4.57 Å². The van der Waals surface area contributed by atoms with Gasteiger partial charge in [0.05, 0.1) is 5.60 Å². The summed E-state index contributed by atoms with van der Waals surface area (Å²) in [7, 11) is 1.61. The lowest BCUT2D eigenvalue weighted by molar-refractivity contribution is 0.0254. The van der Waals surface area contributed by atoms with Crippen molar-refractivity contribution >= 4 is 6.03 Å². The zero-order chi connectivity index (χ0) is 10.6. The van der Waals surface area contributed by atoms with Crippen molar-refractivity contribution in [1.29, 1.82) is 0 Å². The average Bonchev–Trinajstić information content (AvgIpc) is 2.67. The maximum Gasteiger partial charge on any atom is 0.326 e. The summed E-state index contributed by atoms with van der Waals surface area (Å²) in [5.74, 6) is 0. The molecule has 1 aromatic heterocycles. The van der Waals surface area contributed by atoms with Crippen LogP contribution in [0, 0.1) is 0 Å². The Labute approximate surface area is 83.1 Å². The number of carbonyl (C=O) groups is 1. The van der Waals surface area contributed by atoms with Crippen molar-refractivity contribution in [3.63, 3.8) is 0 Å². The maximum absolute atomic E-state index is 11.4. The Morgan fingerprint density at radius 3 is 2.86 bits per heavy atom. The molecular formula is C9H15N3O2. The normalized spacial score (nSPS) is 11.4. The molecule has 0 atom stereocenters. The summed E-state index contributed by atoms with van der Waals surface area (Å²) >= 11 is 0. The van der Waals surface area contributed by atoms with Crippen LogP contribution in [0.25, 0.3) is 0 Å². The summed E-state index contributed by atoms with van der Waals surface area (Å²) in [6.45, 7) is 4.27. The highest BCUT2D eigenvalue weighted by Gasteiger charge is 2.17. The highest BCUT2D eigenvalue weighted by molar-refractivity contribution is 5.76. The minimum Gasteiger partial charge on any atom is -0.377 e. The van der Waals surface area contributed by atoms with Crippen molar-refractivity contribution in [2.24, 2.45) is 0 Å². The van der Waals surface area contributed by atoms with Gasteiger partial charge in [-0.05, 0) is 13.8 Å². The zero-order valence-corrected chi connectivity index (χ0v) is 8.65.